The van der Waals surface area contributed by atoms with E-state index in [2.05, 4.69) is 33.0 Å². The zero-order valence-electron chi connectivity index (χ0n) is 15.1. The highest BCUT2D eigenvalue weighted by Crippen LogP contribution is 2.46. The summed E-state index contributed by atoms with van der Waals surface area (Å²) in [7, 11) is 0. The van der Waals surface area contributed by atoms with Crippen molar-refractivity contribution in [2.24, 2.45) is 10.8 Å². The van der Waals surface area contributed by atoms with Gasteiger partial charge in [-0.1, -0.05) is 27.7 Å². The summed E-state index contributed by atoms with van der Waals surface area (Å²) in [6, 6.07) is 2.05. The normalized spacial score (nSPS) is 19.4. The second kappa shape index (κ2) is 6.61. The highest BCUT2D eigenvalue weighted by atomic mass is 19.1. The number of benzene rings is 1. The second-order valence-corrected chi connectivity index (χ2v) is 8.54. The first-order valence-electron chi connectivity index (χ1n) is 8.34. The van der Waals surface area contributed by atoms with Crippen LogP contribution < -0.4 is 5.32 Å². The molecule has 1 aliphatic rings. The van der Waals surface area contributed by atoms with Crippen LogP contribution in [0.5, 0.6) is 0 Å². The number of anilines is 1. The Morgan fingerprint density at radius 2 is 1.88 bits per heavy atom. The van der Waals surface area contributed by atoms with E-state index >= 15 is 0 Å². The van der Waals surface area contributed by atoms with Crippen molar-refractivity contribution < 1.29 is 19.2 Å². The molecule has 0 aliphatic heterocycles. The number of carbonyl (C=O) groups is 1. The van der Waals surface area contributed by atoms with Gasteiger partial charge in [-0.15, -0.1) is 0 Å². The van der Waals surface area contributed by atoms with Gasteiger partial charge in [-0.3, -0.25) is 14.9 Å². The topological polar surface area (TPSA) is 92.5 Å². The third kappa shape index (κ3) is 4.90. The Balaban J connectivity index is 2.33. The number of hydrogen-bond acceptors (Lipinski definition) is 4. The van der Waals surface area contributed by atoms with Gasteiger partial charge in [0.2, 0.25) is 0 Å². The number of aliphatic carboxylic acids is 1. The second-order valence-electron chi connectivity index (χ2n) is 8.54. The lowest BCUT2D eigenvalue weighted by Crippen LogP contribution is -2.40. The van der Waals surface area contributed by atoms with E-state index in [9.17, 15) is 19.3 Å². The van der Waals surface area contributed by atoms with Crippen LogP contribution in [0.3, 0.4) is 0 Å². The number of nitrogens with one attached hydrogen (secondary N) is 1. The number of hydrogen-bond donors (Lipinski definition) is 2. The number of rotatable bonds is 5. The van der Waals surface area contributed by atoms with Crippen LogP contribution in [0.15, 0.2) is 12.1 Å². The van der Waals surface area contributed by atoms with Crippen molar-refractivity contribution in [2.75, 3.05) is 5.32 Å². The SMILES string of the molecule is CC1(C)CC(Nc2cc(F)c(CC(=O)O)cc2[N+](=O)[O-])CC(C)(C)C1. The van der Waals surface area contributed by atoms with Gasteiger partial charge < -0.3 is 10.4 Å². The maximum Gasteiger partial charge on any atom is 0.307 e. The summed E-state index contributed by atoms with van der Waals surface area (Å²) in [4.78, 5) is 21.6. The molecule has 2 rings (SSSR count). The highest BCUT2D eigenvalue weighted by Gasteiger charge is 2.39. The van der Waals surface area contributed by atoms with Crippen molar-refractivity contribution in [3.8, 4) is 0 Å². The van der Waals surface area contributed by atoms with Gasteiger partial charge in [0.15, 0.2) is 0 Å². The third-order valence-corrected chi connectivity index (χ3v) is 4.62. The zero-order valence-corrected chi connectivity index (χ0v) is 15.1. The van der Waals surface area contributed by atoms with Crippen LogP contribution in [0, 0.1) is 26.8 Å². The highest BCUT2D eigenvalue weighted by molar-refractivity contribution is 5.72. The number of carboxylic acid groups (broad SMARTS) is 1. The Morgan fingerprint density at radius 3 is 2.36 bits per heavy atom. The summed E-state index contributed by atoms with van der Waals surface area (Å²) < 4.78 is 14.2. The van der Waals surface area contributed by atoms with Crippen molar-refractivity contribution in [3.63, 3.8) is 0 Å². The molecule has 0 spiro atoms. The molecule has 1 aromatic rings. The van der Waals surface area contributed by atoms with Crippen LogP contribution >= 0.6 is 0 Å². The van der Waals surface area contributed by atoms with Gasteiger partial charge >= 0.3 is 5.97 Å². The third-order valence-electron chi connectivity index (χ3n) is 4.62. The van der Waals surface area contributed by atoms with Gasteiger partial charge in [-0.25, -0.2) is 4.39 Å². The molecule has 0 atom stereocenters. The summed E-state index contributed by atoms with van der Waals surface area (Å²) in [5.41, 5.74) is -0.213. The predicted octanol–water partition coefficient (Wildman–Crippen LogP) is 4.38. The average molecular weight is 352 g/mol. The van der Waals surface area contributed by atoms with Crippen molar-refractivity contribution >= 4 is 17.3 Å². The van der Waals surface area contributed by atoms with E-state index in [1.54, 1.807) is 0 Å². The van der Waals surface area contributed by atoms with Crippen LogP contribution in [0.1, 0.15) is 52.5 Å². The first-order valence-corrected chi connectivity index (χ1v) is 8.34. The fourth-order valence-corrected chi connectivity index (χ4v) is 4.34. The number of nitro benzene ring substituents is 1. The smallest absolute Gasteiger partial charge is 0.307 e. The fraction of sp³-hybridized carbons (Fsp3) is 0.611. The quantitative estimate of drug-likeness (QED) is 0.606. The van der Waals surface area contributed by atoms with Crippen LogP contribution in [0.25, 0.3) is 0 Å². The monoisotopic (exact) mass is 352 g/mol. The van der Waals surface area contributed by atoms with Gasteiger partial charge in [0, 0.05) is 23.7 Å². The van der Waals surface area contributed by atoms with Gasteiger partial charge in [0.05, 0.1) is 11.3 Å². The minimum Gasteiger partial charge on any atom is -0.481 e. The van der Waals surface area contributed by atoms with Gasteiger partial charge in [-0.2, -0.15) is 0 Å². The standard InChI is InChI=1S/C18H25FN2O4/c1-17(2)8-12(9-18(3,4)10-17)20-14-7-13(19)11(6-16(22)23)5-15(14)21(24)25/h5,7,12,20H,6,8-10H2,1-4H3,(H,22,23). The zero-order chi connectivity index (χ0) is 19.0. The largest absolute Gasteiger partial charge is 0.481 e. The van der Waals surface area contributed by atoms with E-state index in [0.29, 0.717) is 0 Å². The lowest BCUT2D eigenvalue weighted by molar-refractivity contribution is -0.384. The molecular formula is C18H25FN2O4. The molecule has 6 nitrogen and oxygen atoms in total. The molecular weight excluding hydrogens is 327 g/mol. The number of halogens is 1. The molecule has 1 aromatic carbocycles. The van der Waals surface area contributed by atoms with Crippen molar-refractivity contribution in [1.82, 2.24) is 0 Å². The Bertz CT molecular complexity index is 685. The molecule has 2 N–H and O–H groups in total. The van der Waals surface area contributed by atoms with Crippen molar-refractivity contribution in [3.05, 3.63) is 33.6 Å². The van der Waals surface area contributed by atoms with E-state index in [1.165, 1.54) is 0 Å². The maximum absolute atomic E-state index is 14.2. The summed E-state index contributed by atoms with van der Waals surface area (Å²) in [6.45, 7) is 8.64. The predicted molar refractivity (Wildman–Crippen MR) is 93.2 cm³/mol. The lowest BCUT2D eigenvalue weighted by Gasteiger charge is -2.45. The Hall–Kier alpha value is -2.18. The Morgan fingerprint density at radius 1 is 1.32 bits per heavy atom. The summed E-state index contributed by atoms with van der Waals surface area (Å²) in [5.74, 6) is -1.98. The minimum absolute atomic E-state index is 0.0119. The molecule has 0 heterocycles. The molecule has 25 heavy (non-hydrogen) atoms. The molecule has 0 unspecified atom stereocenters. The molecule has 1 saturated carbocycles. The molecule has 0 radical (unpaired) electrons. The number of nitrogens with zero attached hydrogens (tertiary/aromatic N) is 1. The summed E-state index contributed by atoms with van der Waals surface area (Å²) >= 11 is 0. The van der Waals surface area contributed by atoms with Gasteiger partial charge in [0.1, 0.15) is 11.5 Å². The lowest BCUT2D eigenvalue weighted by atomic mass is 9.63. The minimum atomic E-state index is -1.23. The van der Waals surface area contributed by atoms with Crippen molar-refractivity contribution in [2.45, 2.75) is 59.4 Å². The average Bonchev–Trinajstić information content (AvgIpc) is 2.37. The molecule has 1 aliphatic carbocycles. The Kier molecular flexibility index (Phi) is 5.06. The van der Waals surface area contributed by atoms with Gasteiger partial charge in [0.25, 0.3) is 5.69 Å². The molecule has 0 saturated heterocycles. The molecule has 1 fully saturated rings. The summed E-state index contributed by atoms with van der Waals surface area (Å²) in [5, 5.41) is 23.3. The summed E-state index contributed by atoms with van der Waals surface area (Å²) in [6.07, 6.45) is 2.11. The first-order chi connectivity index (χ1) is 11.4. The van der Waals surface area contributed by atoms with Crippen LogP contribution in [-0.4, -0.2) is 22.0 Å². The Labute approximate surface area is 146 Å². The molecule has 0 amide bonds. The van der Waals surface area contributed by atoms with Crippen LogP contribution in [-0.2, 0) is 11.2 Å². The molecule has 138 valence electrons. The number of carboxylic acids is 1. The van der Waals surface area contributed by atoms with E-state index in [0.717, 1.165) is 31.4 Å². The fourth-order valence-electron chi connectivity index (χ4n) is 4.34. The first kappa shape index (κ1) is 19.1. The van der Waals surface area contributed by atoms with E-state index in [4.69, 9.17) is 5.11 Å². The van der Waals surface area contributed by atoms with E-state index in [-0.39, 0.29) is 33.8 Å². The van der Waals surface area contributed by atoms with Crippen LogP contribution in [0.4, 0.5) is 15.8 Å². The van der Waals surface area contributed by atoms with Gasteiger partial charge in [-0.05, 0) is 30.1 Å². The van der Waals surface area contributed by atoms with Crippen molar-refractivity contribution in [1.29, 1.82) is 0 Å². The number of nitro groups is 1. The van der Waals surface area contributed by atoms with Crippen LogP contribution in [0.2, 0.25) is 0 Å². The molecule has 0 bridgehead atoms. The molecule has 7 heteroatoms. The molecule has 0 aromatic heterocycles. The van der Waals surface area contributed by atoms with E-state index in [1.807, 2.05) is 0 Å². The maximum atomic E-state index is 14.2. The van der Waals surface area contributed by atoms with E-state index < -0.39 is 23.1 Å².